The summed E-state index contributed by atoms with van der Waals surface area (Å²) < 4.78 is 0.597. The molecule has 4 rings (SSSR count). The van der Waals surface area contributed by atoms with E-state index in [2.05, 4.69) is 41.5 Å². The number of benzene rings is 2. The van der Waals surface area contributed by atoms with Crippen LogP contribution in [0.25, 0.3) is 6.08 Å². The van der Waals surface area contributed by atoms with Crippen molar-refractivity contribution in [3.05, 3.63) is 87.3 Å². The second kappa shape index (κ2) is 12.2. The predicted octanol–water partition coefficient (Wildman–Crippen LogP) is 6.44. The van der Waals surface area contributed by atoms with Gasteiger partial charge in [0.15, 0.2) is 5.13 Å². The maximum absolute atomic E-state index is 12.7. The third-order valence-electron chi connectivity index (χ3n) is 5.52. The summed E-state index contributed by atoms with van der Waals surface area (Å²) >= 11 is 8.27. The van der Waals surface area contributed by atoms with Crippen molar-refractivity contribution < 1.29 is 9.59 Å². The van der Waals surface area contributed by atoms with Gasteiger partial charge in [0.2, 0.25) is 5.91 Å². The number of hydrogen-bond donors (Lipinski definition) is 1. The summed E-state index contributed by atoms with van der Waals surface area (Å²) in [5.74, 6) is -0.0651. The fourth-order valence-corrected chi connectivity index (χ4v) is 5.95. The summed E-state index contributed by atoms with van der Waals surface area (Å²) in [5, 5.41) is 3.55. The molecular formula is C27H27N3O2S3. The quantitative estimate of drug-likeness (QED) is 0.189. The largest absolute Gasteiger partial charge is 0.302 e. The van der Waals surface area contributed by atoms with E-state index in [0.717, 1.165) is 36.1 Å². The maximum Gasteiger partial charge on any atom is 0.266 e. The molecule has 0 radical (unpaired) electrons. The van der Waals surface area contributed by atoms with Crippen molar-refractivity contribution in [3.63, 3.8) is 0 Å². The number of nitrogens with zero attached hydrogens (tertiary/aromatic N) is 2. The maximum atomic E-state index is 12.7. The summed E-state index contributed by atoms with van der Waals surface area (Å²) in [6.45, 7) is 2.66. The zero-order valence-corrected chi connectivity index (χ0v) is 22.0. The number of nitrogens with one attached hydrogen (secondary N) is 1. The molecule has 0 spiro atoms. The minimum absolute atomic E-state index is 0.0298. The highest BCUT2D eigenvalue weighted by Crippen LogP contribution is 2.32. The van der Waals surface area contributed by atoms with E-state index in [4.69, 9.17) is 12.2 Å². The molecule has 0 saturated carbocycles. The van der Waals surface area contributed by atoms with Crippen molar-refractivity contribution >= 4 is 62.7 Å². The number of aryl methyl sites for hydroxylation is 1. The number of hydrogen-bond acceptors (Lipinski definition) is 6. The van der Waals surface area contributed by atoms with E-state index in [1.807, 2.05) is 42.6 Å². The second-order valence-electron chi connectivity index (χ2n) is 8.40. The van der Waals surface area contributed by atoms with Gasteiger partial charge in [-0.15, -0.1) is 11.3 Å². The van der Waals surface area contributed by atoms with Gasteiger partial charge in [0.1, 0.15) is 4.32 Å². The molecule has 3 aromatic rings. The van der Waals surface area contributed by atoms with Gasteiger partial charge >= 0.3 is 0 Å². The summed E-state index contributed by atoms with van der Waals surface area (Å²) in [6.07, 6.45) is 7.36. The van der Waals surface area contributed by atoms with Crippen LogP contribution in [0.15, 0.2) is 65.7 Å². The molecule has 1 aliphatic heterocycles. The van der Waals surface area contributed by atoms with Crippen LogP contribution in [0, 0.1) is 6.92 Å². The van der Waals surface area contributed by atoms with E-state index < -0.39 is 0 Å². The Kier molecular flexibility index (Phi) is 8.84. The van der Waals surface area contributed by atoms with Gasteiger partial charge in [-0.3, -0.25) is 14.5 Å². The molecule has 2 aromatic carbocycles. The van der Waals surface area contributed by atoms with Crippen LogP contribution < -0.4 is 5.32 Å². The molecule has 5 nitrogen and oxygen atoms in total. The van der Waals surface area contributed by atoms with Crippen molar-refractivity contribution in [1.29, 1.82) is 0 Å². The van der Waals surface area contributed by atoms with Crippen LogP contribution >= 0.6 is 35.3 Å². The van der Waals surface area contributed by atoms with Crippen LogP contribution in [0.5, 0.6) is 0 Å². The molecule has 1 fully saturated rings. The number of thiocarbonyl (C=S) groups is 1. The number of carbonyl (C=O) groups excluding carboxylic acids is 2. The Morgan fingerprint density at radius 1 is 1.11 bits per heavy atom. The molecule has 0 unspecified atom stereocenters. The second-order valence-corrected chi connectivity index (χ2v) is 11.2. The summed E-state index contributed by atoms with van der Waals surface area (Å²) in [4.78, 5) is 32.8. The van der Waals surface area contributed by atoms with Crippen molar-refractivity contribution in [2.75, 3.05) is 11.9 Å². The Labute approximate surface area is 219 Å². The van der Waals surface area contributed by atoms with Gasteiger partial charge in [0.25, 0.3) is 5.91 Å². The van der Waals surface area contributed by atoms with Gasteiger partial charge in [0.05, 0.1) is 4.91 Å². The molecule has 0 aliphatic carbocycles. The third-order valence-corrected chi connectivity index (χ3v) is 7.81. The van der Waals surface area contributed by atoms with Gasteiger partial charge in [-0.05, 0) is 37.0 Å². The molecule has 8 heteroatoms. The summed E-state index contributed by atoms with van der Waals surface area (Å²) in [6, 6.07) is 18.2. The average molecular weight is 522 g/mol. The molecule has 1 aromatic heterocycles. The van der Waals surface area contributed by atoms with E-state index in [1.165, 1.54) is 34.2 Å². The SMILES string of the molecule is Cc1cccc(Cc2cnc(NC(=O)CCCCCN3C(=O)C(=Cc4ccccc4)SC3=S)s2)c1. The zero-order valence-electron chi connectivity index (χ0n) is 19.5. The first-order chi connectivity index (χ1) is 17.0. The number of thioether (sulfide) groups is 1. The third kappa shape index (κ3) is 7.34. The van der Waals surface area contributed by atoms with E-state index in [-0.39, 0.29) is 11.8 Å². The lowest BCUT2D eigenvalue weighted by Gasteiger charge is -2.14. The lowest BCUT2D eigenvalue weighted by atomic mass is 10.1. The van der Waals surface area contributed by atoms with Crippen LogP contribution in [-0.2, 0) is 16.0 Å². The monoisotopic (exact) mass is 521 g/mol. The number of thiazole rings is 1. The Morgan fingerprint density at radius 3 is 2.74 bits per heavy atom. The molecule has 0 atom stereocenters. The Balaban J connectivity index is 1.16. The van der Waals surface area contributed by atoms with Crippen molar-refractivity contribution in [2.45, 2.75) is 39.0 Å². The predicted molar refractivity (Wildman–Crippen MR) is 150 cm³/mol. The Morgan fingerprint density at radius 2 is 1.94 bits per heavy atom. The van der Waals surface area contributed by atoms with E-state index in [1.54, 1.807) is 4.90 Å². The smallest absolute Gasteiger partial charge is 0.266 e. The van der Waals surface area contributed by atoms with E-state index in [0.29, 0.717) is 27.3 Å². The minimum Gasteiger partial charge on any atom is -0.302 e. The number of rotatable bonds is 10. The highest BCUT2D eigenvalue weighted by molar-refractivity contribution is 8.26. The van der Waals surface area contributed by atoms with Crippen LogP contribution in [-0.4, -0.2) is 32.6 Å². The number of carbonyl (C=O) groups is 2. The Bertz CT molecular complexity index is 1240. The topological polar surface area (TPSA) is 62.3 Å². The molecule has 180 valence electrons. The first-order valence-electron chi connectivity index (χ1n) is 11.6. The van der Waals surface area contributed by atoms with Crippen LogP contribution in [0.4, 0.5) is 5.13 Å². The molecule has 35 heavy (non-hydrogen) atoms. The molecule has 1 aliphatic rings. The fraction of sp³-hybridized carbons (Fsp3) is 0.259. The molecule has 0 bridgehead atoms. The van der Waals surface area contributed by atoms with E-state index in [9.17, 15) is 9.59 Å². The first-order valence-corrected chi connectivity index (χ1v) is 13.6. The average Bonchev–Trinajstić information content (AvgIpc) is 3.37. The molecule has 1 N–H and O–H groups in total. The minimum atomic E-state index is -0.0353. The van der Waals surface area contributed by atoms with Crippen LogP contribution in [0.2, 0.25) is 0 Å². The van der Waals surface area contributed by atoms with Crippen molar-refractivity contribution in [3.8, 4) is 0 Å². The summed E-state index contributed by atoms with van der Waals surface area (Å²) in [5.41, 5.74) is 3.46. The molecule has 2 heterocycles. The normalized spacial score (nSPS) is 14.7. The fourth-order valence-electron chi connectivity index (χ4n) is 3.78. The van der Waals surface area contributed by atoms with Gasteiger partial charge in [-0.25, -0.2) is 4.98 Å². The van der Waals surface area contributed by atoms with E-state index >= 15 is 0 Å². The lowest BCUT2D eigenvalue weighted by molar-refractivity contribution is -0.122. The Hall–Kier alpha value is -2.81. The highest BCUT2D eigenvalue weighted by atomic mass is 32.2. The van der Waals surface area contributed by atoms with Crippen LogP contribution in [0.1, 0.15) is 47.3 Å². The van der Waals surface area contributed by atoms with Gasteiger partial charge in [-0.1, -0.05) is 90.6 Å². The van der Waals surface area contributed by atoms with Gasteiger partial charge < -0.3 is 5.32 Å². The first kappa shape index (κ1) is 25.3. The zero-order chi connectivity index (χ0) is 24.6. The van der Waals surface area contributed by atoms with Crippen molar-refractivity contribution in [2.24, 2.45) is 0 Å². The number of unbranched alkanes of at least 4 members (excludes halogenated alkanes) is 2. The van der Waals surface area contributed by atoms with Crippen molar-refractivity contribution in [1.82, 2.24) is 9.88 Å². The molecular weight excluding hydrogens is 495 g/mol. The molecule has 1 saturated heterocycles. The highest BCUT2D eigenvalue weighted by Gasteiger charge is 2.31. The number of amides is 2. The molecule has 2 amide bonds. The van der Waals surface area contributed by atoms with Crippen LogP contribution in [0.3, 0.4) is 0 Å². The number of anilines is 1. The van der Waals surface area contributed by atoms with Gasteiger partial charge in [0, 0.05) is 30.5 Å². The number of aromatic nitrogens is 1. The van der Waals surface area contributed by atoms with Gasteiger partial charge in [-0.2, -0.15) is 0 Å². The summed E-state index contributed by atoms with van der Waals surface area (Å²) in [7, 11) is 0. The standard InChI is InChI=1S/C27H27N3O2S3/c1-19-9-8-12-21(15-19)16-22-18-28-26(34-22)29-24(31)13-6-3-7-14-30-25(32)23(35-27(30)33)17-20-10-4-2-5-11-20/h2,4-5,8-12,15,17-18H,3,6-7,13-14,16H2,1H3,(H,28,29,31). The lowest BCUT2D eigenvalue weighted by Crippen LogP contribution is -2.29.